The number of halogens is 1. The first-order chi connectivity index (χ1) is 10.2. The van der Waals surface area contributed by atoms with Gasteiger partial charge >= 0.3 is 0 Å². The fraction of sp³-hybridized carbons (Fsp3) is 0.188. The largest absolute Gasteiger partial charge is 0.492 e. The minimum Gasteiger partial charge on any atom is -0.492 e. The van der Waals surface area contributed by atoms with Gasteiger partial charge in [-0.15, -0.1) is 11.3 Å². The molecule has 0 saturated heterocycles. The molecule has 2 aromatic heterocycles. The zero-order valence-electron chi connectivity index (χ0n) is 11.5. The van der Waals surface area contributed by atoms with E-state index >= 15 is 0 Å². The lowest BCUT2D eigenvalue weighted by molar-refractivity contribution is 0.338. The molecule has 0 bridgehead atoms. The number of nitrogens with two attached hydrogens (primary N) is 1. The maximum Gasteiger partial charge on any atom is 0.137 e. The quantitative estimate of drug-likeness (QED) is 0.795. The number of hydrogen-bond donors (Lipinski definition) is 1. The van der Waals surface area contributed by atoms with E-state index in [9.17, 15) is 4.39 Å². The van der Waals surface area contributed by atoms with Crippen LogP contribution < -0.4 is 10.5 Å². The van der Waals surface area contributed by atoms with Crippen molar-refractivity contribution < 1.29 is 9.13 Å². The molecule has 21 heavy (non-hydrogen) atoms. The summed E-state index contributed by atoms with van der Waals surface area (Å²) in [6, 6.07) is 8.30. The Balaban J connectivity index is 1.95. The number of aromatic nitrogens is 1. The summed E-state index contributed by atoms with van der Waals surface area (Å²) in [7, 11) is 0. The van der Waals surface area contributed by atoms with Crippen molar-refractivity contribution in [1.29, 1.82) is 0 Å². The first-order valence-corrected chi connectivity index (χ1v) is 7.51. The van der Waals surface area contributed by atoms with Gasteiger partial charge < -0.3 is 10.5 Å². The summed E-state index contributed by atoms with van der Waals surface area (Å²) in [5.41, 5.74) is 7.19. The standard InChI is InChI=1S/C16H15FN2OS/c1-2-20-13-6-11(8-19-9-13)16(18)15-7-10-5-12(17)3-4-14(10)21-15/h3-9,16H,2,18H2,1H3. The summed E-state index contributed by atoms with van der Waals surface area (Å²) >= 11 is 1.57. The summed E-state index contributed by atoms with van der Waals surface area (Å²) in [5, 5.41) is 0.874. The molecule has 108 valence electrons. The molecule has 3 aromatic rings. The number of fused-ring (bicyclic) bond motifs is 1. The molecule has 0 radical (unpaired) electrons. The van der Waals surface area contributed by atoms with Crippen LogP contribution in [0.3, 0.4) is 0 Å². The Kier molecular flexibility index (Phi) is 3.86. The van der Waals surface area contributed by atoms with Gasteiger partial charge in [0.15, 0.2) is 0 Å². The smallest absolute Gasteiger partial charge is 0.137 e. The lowest BCUT2D eigenvalue weighted by atomic mass is 10.1. The van der Waals surface area contributed by atoms with Crippen molar-refractivity contribution in [3.05, 3.63) is 59.0 Å². The van der Waals surface area contributed by atoms with Gasteiger partial charge in [0.1, 0.15) is 11.6 Å². The molecular weight excluding hydrogens is 287 g/mol. The number of benzene rings is 1. The van der Waals surface area contributed by atoms with Gasteiger partial charge in [-0.3, -0.25) is 4.98 Å². The third-order valence-electron chi connectivity index (χ3n) is 3.21. The highest BCUT2D eigenvalue weighted by Crippen LogP contribution is 2.32. The Hall–Kier alpha value is -1.98. The van der Waals surface area contributed by atoms with E-state index in [4.69, 9.17) is 10.5 Å². The van der Waals surface area contributed by atoms with Crippen LogP contribution >= 0.6 is 11.3 Å². The Labute approximate surface area is 126 Å². The molecule has 1 aromatic carbocycles. The zero-order valence-corrected chi connectivity index (χ0v) is 12.4. The molecule has 5 heteroatoms. The van der Waals surface area contributed by atoms with E-state index in [1.165, 1.54) is 12.1 Å². The number of pyridine rings is 1. The molecular formula is C16H15FN2OS. The molecule has 0 aliphatic rings. The Bertz CT molecular complexity index is 772. The molecule has 0 fully saturated rings. The fourth-order valence-electron chi connectivity index (χ4n) is 2.20. The third kappa shape index (κ3) is 2.89. The maximum atomic E-state index is 13.3. The Morgan fingerprint density at radius 2 is 2.14 bits per heavy atom. The molecule has 1 unspecified atom stereocenters. The van der Waals surface area contributed by atoms with Crippen molar-refractivity contribution >= 4 is 21.4 Å². The van der Waals surface area contributed by atoms with Gasteiger partial charge in [0.05, 0.1) is 18.8 Å². The van der Waals surface area contributed by atoms with Crippen LogP contribution in [0.15, 0.2) is 42.7 Å². The summed E-state index contributed by atoms with van der Waals surface area (Å²) in [6.45, 7) is 2.51. The van der Waals surface area contributed by atoms with E-state index in [2.05, 4.69) is 4.98 Å². The van der Waals surface area contributed by atoms with E-state index < -0.39 is 0 Å². The van der Waals surface area contributed by atoms with Gasteiger partial charge in [0, 0.05) is 15.8 Å². The summed E-state index contributed by atoms with van der Waals surface area (Å²) in [4.78, 5) is 5.14. The molecule has 0 aliphatic carbocycles. The fourth-order valence-corrected chi connectivity index (χ4v) is 3.28. The molecule has 2 N–H and O–H groups in total. The highest BCUT2D eigenvalue weighted by Gasteiger charge is 2.14. The molecule has 0 amide bonds. The van der Waals surface area contributed by atoms with Crippen LogP contribution in [0.5, 0.6) is 5.75 Å². The molecule has 0 spiro atoms. The van der Waals surface area contributed by atoms with Crippen molar-refractivity contribution in [3.8, 4) is 5.75 Å². The van der Waals surface area contributed by atoms with E-state index in [0.717, 1.165) is 20.5 Å². The number of rotatable bonds is 4. The molecule has 0 aliphatic heterocycles. The van der Waals surface area contributed by atoms with Crippen LogP contribution in [-0.2, 0) is 0 Å². The molecule has 3 rings (SSSR count). The van der Waals surface area contributed by atoms with Gasteiger partial charge in [-0.2, -0.15) is 0 Å². The average molecular weight is 302 g/mol. The van der Waals surface area contributed by atoms with Crippen molar-refractivity contribution in [2.24, 2.45) is 5.73 Å². The van der Waals surface area contributed by atoms with Gasteiger partial charge in [-0.25, -0.2) is 4.39 Å². The van der Waals surface area contributed by atoms with E-state index in [0.29, 0.717) is 12.4 Å². The monoisotopic (exact) mass is 302 g/mol. The normalized spacial score (nSPS) is 12.5. The minimum atomic E-state index is -0.293. The average Bonchev–Trinajstić information content (AvgIpc) is 2.90. The van der Waals surface area contributed by atoms with Gasteiger partial charge in [0.2, 0.25) is 0 Å². The molecule has 0 saturated carbocycles. The first kappa shape index (κ1) is 14.0. The summed E-state index contributed by atoms with van der Waals surface area (Å²) < 4.78 is 19.7. The second kappa shape index (κ2) is 5.79. The van der Waals surface area contributed by atoms with Gasteiger partial charge in [-0.05, 0) is 48.2 Å². The van der Waals surface area contributed by atoms with Crippen LogP contribution in [0.4, 0.5) is 4.39 Å². The number of ether oxygens (including phenoxy) is 1. The highest BCUT2D eigenvalue weighted by molar-refractivity contribution is 7.19. The zero-order chi connectivity index (χ0) is 14.8. The van der Waals surface area contributed by atoms with Crippen LogP contribution in [0, 0.1) is 5.82 Å². The van der Waals surface area contributed by atoms with Crippen molar-refractivity contribution in [3.63, 3.8) is 0 Å². The van der Waals surface area contributed by atoms with E-state index in [1.54, 1.807) is 29.8 Å². The second-order valence-electron chi connectivity index (χ2n) is 4.70. The third-order valence-corrected chi connectivity index (χ3v) is 4.41. The minimum absolute atomic E-state index is 0.236. The summed E-state index contributed by atoms with van der Waals surface area (Å²) in [6.07, 6.45) is 3.40. The van der Waals surface area contributed by atoms with Crippen molar-refractivity contribution in [1.82, 2.24) is 4.98 Å². The maximum absolute atomic E-state index is 13.3. The van der Waals surface area contributed by atoms with Gasteiger partial charge in [0.25, 0.3) is 0 Å². The Morgan fingerprint density at radius 3 is 2.95 bits per heavy atom. The molecule has 1 atom stereocenters. The SMILES string of the molecule is CCOc1cncc(C(N)c2cc3cc(F)ccc3s2)c1. The second-order valence-corrected chi connectivity index (χ2v) is 5.81. The van der Waals surface area contributed by atoms with Crippen molar-refractivity contribution in [2.75, 3.05) is 6.61 Å². The lowest BCUT2D eigenvalue weighted by Crippen LogP contribution is -2.10. The topological polar surface area (TPSA) is 48.1 Å². The highest BCUT2D eigenvalue weighted by atomic mass is 32.1. The molecule has 3 nitrogen and oxygen atoms in total. The predicted octanol–water partition coefficient (Wildman–Crippen LogP) is 3.88. The van der Waals surface area contributed by atoms with Crippen LogP contribution in [0.25, 0.3) is 10.1 Å². The number of hydrogen-bond acceptors (Lipinski definition) is 4. The van der Waals surface area contributed by atoms with E-state index in [-0.39, 0.29) is 11.9 Å². The molecule has 2 heterocycles. The van der Waals surface area contributed by atoms with Crippen LogP contribution in [0.1, 0.15) is 23.4 Å². The first-order valence-electron chi connectivity index (χ1n) is 6.69. The van der Waals surface area contributed by atoms with E-state index in [1.807, 2.05) is 19.1 Å². The predicted molar refractivity (Wildman–Crippen MR) is 83.2 cm³/mol. The summed E-state index contributed by atoms with van der Waals surface area (Å²) in [5.74, 6) is 0.470. The van der Waals surface area contributed by atoms with Crippen molar-refractivity contribution in [2.45, 2.75) is 13.0 Å². The number of thiophene rings is 1. The van der Waals surface area contributed by atoms with Crippen LogP contribution in [0.2, 0.25) is 0 Å². The Morgan fingerprint density at radius 1 is 1.29 bits per heavy atom. The number of nitrogens with zero attached hydrogens (tertiary/aromatic N) is 1. The van der Waals surface area contributed by atoms with Crippen LogP contribution in [-0.4, -0.2) is 11.6 Å². The van der Waals surface area contributed by atoms with Gasteiger partial charge in [-0.1, -0.05) is 0 Å². The lowest BCUT2D eigenvalue weighted by Gasteiger charge is -2.11.